The van der Waals surface area contributed by atoms with Gasteiger partial charge in [0.15, 0.2) is 0 Å². The molecule has 0 fully saturated rings. The highest BCUT2D eigenvalue weighted by Gasteiger charge is 2.11. The van der Waals surface area contributed by atoms with Crippen molar-refractivity contribution in [1.82, 2.24) is 4.98 Å². The molecule has 1 rings (SSSR count). The second-order valence-electron chi connectivity index (χ2n) is 5.46. The normalized spacial score (nSPS) is 12.7. The monoisotopic (exact) mass is 279 g/mol. The topological polar surface area (TPSA) is 42.4 Å². The zero-order valence-electron chi connectivity index (χ0n) is 13.1. The number of hydrogen-bond acceptors (Lipinski definition) is 3. The molecule has 0 aliphatic heterocycles. The molecule has 20 heavy (non-hydrogen) atoms. The summed E-state index contributed by atoms with van der Waals surface area (Å²) in [6.45, 7) is 7.21. The third kappa shape index (κ3) is 5.91. The predicted molar refractivity (Wildman–Crippen MR) is 82.9 cm³/mol. The van der Waals surface area contributed by atoms with Crippen molar-refractivity contribution in [1.29, 1.82) is 0 Å². The number of nitrogens with zero attached hydrogens (tertiary/aromatic N) is 1. The van der Waals surface area contributed by atoms with Crippen LogP contribution in [0.25, 0.3) is 0 Å². The summed E-state index contributed by atoms with van der Waals surface area (Å²) in [5.74, 6) is 1.24. The van der Waals surface area contributed by atoms with Crippen molar-refractivity contribution in [3.63, 3.8) is 0 Å². The third-order valence-corrected chi connectivity index (χ3v) is 3.51. The van der Waals surface area contributed by atoms with Gasteiger partial charge in [-0.2, -0.15) is 0 Å². The first-order chi connectivity index (χ1) is 9.71. The molecule has 0 spiro atoms. The van der Waals surface area contributed by atoms with Gasteiger partial charge in [0.05, 0.1) is 18.4 Å². The Morgan fingerprint density at radius 1 is 1.05 bits per heavy atom. The first-order valence-electron chi connectivity index (χ1n) is 7.99. The summed E-state index contributed by atoms with van der Waals surface area (Å²) in [6, 6.07) is 5.64. The van der Waals surface area contributed by atoms with Crippen molar-refractivity contribution < 1.29 is 9.84 Å². The van der Waals surface area contributed by atoms with Gasteiger partial charge in [-0.25, -0.2) is 4.98 Å². The quantitative estimate of drug-likeness (QED) is 0.685. The van der Waals surface area contributed by atoms with Gasteiger partial charge in [0.1, 0.15) is 0 Å². The molecule has 0 saturated heterocycles. The molecule has 3 heteroatoms. The van der Waals surface area contributed by atoms with Crippen LogP contribution in [0.3, 0.4) is 0 Å². The number of ether oxygens (including phenoxy) is 1. The van der Waals surface area contributed by atoms with E-state index in [0.717, 1.165) is 19.4 Å². The molecule has 0 unspecified atom stereocenters. The zero-order chi connectivity index (χ0) is 14.8. The summed E-state index contributed by atoms with van der Waals surface area (Å²) in [5.41, 5.74) is 0.715. The summed E-state index contributed by atoms with van der Waals surface area (Å²) in [6.07, 6.45) is 5.99. The molecular formula is C17H29NO2. The molecule has 0 aliphatic carbocycles. The van der Waals surface area contributed by atoms with Crippen LogP contribution in [0, 0.1) is 5.92 Å². The van der Waals surface area contributed by atoms with Crippen LogP contribution >= 0.6 is 0 Å². The molecule has 0 saturated carbocycles. The Balaban J connectivity index is 2.56. The Labute approximate surface area is 123 Å². The maximum Gasteiger partial charge on any atom is 0.213 e. The smallest absolute Gasteiger partial charge is 0.213 e. The summed E-state index contributed by atoms with van der Waals surface area (Å²) >= 11 is 0. The maximum absolute atomic E-state index is 9.97. The van der Waals surface area contributed by atoms with Crippen LogP contribution < -0.4 is 4.74 Å². The highest BCUT2D eigenvalue weighted by molar-refractivity contribution is 5.17. The van der Waals surface area contributed by atoms with Gasteiger partial charge in [0, 0.05) is 6.07 Å². The van der Waals surface area contributed by atoms with Crippen LogP contribution in [0.5, 0.6) is 5.88 Å². The van der Waals surface area contributed by atoms with Crippen LogP contribution in [0.4, 0.5) is 0 Å². The lowest BCUT2D eigenvalue weighted by atomic mass is 9.99. The van der Waals surface area contributed by atoms with E-state index in [-0.39, 0.29) is 0 Å². The van der Waals surface area contributed by atoms with E-state index in [1.54, 1.807) is 0 Å². The molecule has 114 valence electrons. The van der Waals surface area contributed by atoms with Crippen molar-refractivity contribution >= 4 is 0 Å². The van der Waals surface area contributed by atoms with Gasteiger partial charge in [-0.1, -0.05) is 46.1 Å². The third-order valence-electron chi connectivity index (χ3n) is 3.51. The average Bonchev–Trinajstić information content (AvgIpc) is 2.46. The molecule has 3 nitrogen and oxygen atoms in total. The van der Waals surface area contributed by atoms with Crippen LogP contribution in [0.1, 0.15) is 71.1 Å². The first kappa shape index (κ1) is 17.0. The number of aliphatic hydroxyl groups is 1. The second-order valence-corrected chi connectivity index (χ2v) is 5.46. The van der Waals surface area contributed by atoms with Crippen LogP contribution in [-0.2, 0) is 0 Å². The standard InChI is InChI=1S/C17H29NO2/c1-4-8-14(9-5-2)13-20-17-12-7-11-15(18-17)16(19)10-6-3/h7,11-12,14,16,19H,4-6,8-10,13H2,1-3H3/t16-/m0/s1. The number of rotatable bonds is 10. The minimum absolute atomic E-state index is 0.481. The lowest BCUT2D eigenvalue weighted by molar-refractivity contribution is 0.159. The molecule has 0 radical (unpaired) electrons. The van der Waals surface area contributed by atoms with E-state index in [4.69, 9.17) is 4.74 Å². The second kappa shape index (κ2) is 9.76. The van der Waals surface area contributed by atoms with Gasteiger partial charge in [-0.3, -0.25) is 0 Å². The Morgan fingerprint density at radius 2 is 1.70 bits per heavy atom. The fourth-order valence-corrected chi connectivity index (χ4v) is 2.45. The summed E-state index contributed by atoms with van der Waals surface area (Å²) in [4.78, 5) is 4.41. The molecule has 0 bridgehead atoms. The average molecular weight is 279 g/mol. The number of aliphatic hydroxyl groups excluding tert-OH is 1. The molecule has 0 amide bonds. The van der Waals surface area contributed by atoms with E-state index in [2.05, 4.69) is 25.8 Å². The van der Waals surface area contributed by atoms with Crippen molar-refractivity contribution in [2.24, 2.45) is 5.92 Å². The lowest BCUT2D eigenvalue weighted by Gasteiger charge is -2.16. The largest absolute Gasteiger partial charge is 0.477 e. The highest BCUT2D eigenvalue weighted by atomic mass is 16.5. The summed E-state index contributed by atoms with van der Waals surface area (Å²) in [7, 11) is 0. The van der Waals surface area contributed by atoms with Crippen LogP contribution in [0.2, 0.25) is 0 Å². The highest BCUT2D eigenvalue weighted by Crippen LogP contribution is 2.20. The van der Waals surface area contributed by atoms with Gasteiger partial charge in [-0.05, 0) is 31.2 Å². The molecule has 0 aromatic carbocycles. The molecule has 1 aromatic heterocycles. The zero-order valence-corrected chi connectivity index (χ0v) is 13.1. The minimum atomic E-state index is -0.481. The van der Waals surface area contributed by atoms with E-state index in [1.807, 2.05) is 18.2 Å². The number of aromatic nitrogens is 1. The Bertz CT molecular complexity index is 362. The Kier molecular flexibility index (Phi) is 8.28. The fraction of sp³-hybridized carbons (Fsp3) is 0.706. The van der Waals surface area contributed by atoms with Gasteiger partial charge >= 0.3 is 0 Å². The van der Waals surface area contributed by atoms with E-state index >= 15 is 0 Å². The molecule has 1 N–H and O–H groups in total. The lowest BCUT2D eigenvalue weighted by Crippen LogP contribution is -2.13. The van der Waals surface area contributed by atoms with Gasteiger partial charge < -0.3 is 9.84 Å². The van der Waals surface area contributed by atoms with E-state index in [0.29, 0.717) is 17.5 Å². The molecule has 1 aromatic rings. The van der Waals surface area contributed by atoms with Gasteiger partial charge in [0.25, 0.3) is 0 Å². The van der Waals surface area contributed by atoms with Crippen LogP contribution in [0.15, 0.2) is 18.2 Å². The van der Waals surface area contributed by atoms with Gasteiger partial charge in [0.2, 0.25) is 5.88 Å². The SMILES string of the molecule is CCCC(CCC)COc1cccc([C@@H](O)CCC)n1. The molecule has 1 heterocycles. The van der Waals surface area contributed by atoms with Crippen LogP contribution in [-0.4, -0.2) is 16.7 Å². The minimum Gasteiger partial charge on any atom is -0.477 e. The van der Waals surface area contributed by atoms with Crippen molar-refractivity contribution in [2.45, 2.75) is 65.4 Å². The van der Waals surface area contributed by atoms with Gasteiger partial charge in [-0.15, -0.1) is 0 Å². The number of hydrogen-bond donors (Lipinski definition) is 1. The van der Waals surface area contributed by atoms with Crippen molar-refractivity contribution in [2.75, 3.05) is 6.61 Å². The predicted octanol–water partition coefficient (Wildman–Crippen LogP) is 4.51. The van der Waals surface area contributed by atoms with E-state index in [9.17, 15) is 5.11 Å². The summed E-state index contributed by atoms with van der Waals surface area (Å²) in [5, 5.41) is 9.97. The van der Waals surface area contributed by atoms with E-state index < -0.39 is 6.10 Å². The van der Waals surface area contributed by atoms with Crippen molar-refractivity contribution in [3.8, 4) is 5.88 Å². The first-order valence-corrected chi connectivity index (χ1v) is 7.99. The Hall–Kier alpha value is -1.09. The molecule has 0 aliphatic rings. The fourth-order valence-electron chi connectivity index (χ4n) is 2.45. The molecule has 1 atom stereocenters. The van der Waals surface area contributed by atoms with E-state index in [1.165, 1.54) is 25.7 Å². The maximum atomic E-state index is 9.97. The molecular weight excluding hydrogens is 250 g/mol. The Morgan fingerprint density at radius 3 is 2.30 bits per heavy atom. The summed E-state index contributed by atoms with van der Waals surface area (Å²) < 4.78 is 5.82. The number of pyridine rings is 1. The van der Waals surface area contributed by atoms with Crippen molar-refractivity contribution in [3.05, 3.63) is 23.9 Å².